The van der Waals surface area contributed by atoms with Gasteiger partial charge in [0, 0.05) is 42.9 Å². The zero-order valence-corrected chi connectivity index (χ0v) is 16.0. The van der Waals surface area contributed by atoms with Crippen molar-refractivity contribution in [3.8, 4) is 0 Å². The molecule has 8 heteroatoms. The van der Waals surface area contributed by atoms with E-state index in [1.54, 1.807) is 13.0 Å². The molecule has 1 fully saturated rings. The Morgan fingerprint density at radius 1 is 0.966 bits per heavy atom. The van der Waals surface area contributed by atoms with Crippen LogP contribution in [0.25, 0.3) is 0 Å². The molecule has 0 atom stereocenters. The van der Waals surface area contributed by atoms with Crippen molar-refractivity contribution >= 4 is 29.0 Å². The number of rotatable bonds is 5. The van der Waals surface area contributed by atoms with Gasteiger partial charge in [-0.2, -0.15) is 0 Å². The molecule has 1 aromatic carbocycles. The summed E-state index contributed by atoms with van der Waals surface area (Å²) in [6.45, 7) is 3.87. The summed E-state index contributed by atoms with van der Waals surface area (Å²) in [5.41, 5.74) is 2.38. The van der Waals surface area contributed by atoms with Crippen LogP contribution in [0.5, 0.6) is 0 Å². The van der Waals surface area contributed by atoms with Crippen molar-refractivity contribution in [1.82, 2.24) is 10.1 Å². The van der Waals surface area contributed by atoms with E-state index in [1.807, 2.05) is 24.3 Å². The molecule has 0 spiro atoms. The van der Waals surface area contributed by atoms with Crippen LogP contribution in [-0.4, -0.2) is 35.0 Å². The minimum atomic E-state index is -0.421. The number of carbonyl (C=O) groups excluding carboxylic acids is 2. The van der Waals surface area contributed by atoms with Crippen molar-refractivity contribution < 1.29 is 14.1 Å². The first-order chi connectivity index (χ1) is 14.1. The summed E-state index contributed by atoms with van der Waals surface area (Å²) in [4.78, 5) is 31.3. The summed E-state index contributed by atoms with van der Waals surface area (Å²) in [7, 11) is 0. The molecule has 0 unspecified atom stereocenters. The lowest BCUT2D eigenvalue weighted by molar-refractivity contribution is 0.102. The second-order valence-electron chi connectivity index (χ2n) is 6.93. The van der Waals surface area contributed by atoms with E-state index in [-0.39, 0.29) is 17.0 Å². The molecule has 1 aliphatic rings. The van der Waals surface area contributed by atoms with Gasteiger partial charge >= 0.3 is 0 Å². The molecule has 2 amide bonds. The van der Waals surface area contributed by atoms with Crippen LogP contribution in [0.2, 0.25) is 0 Å². The largest absolute Gasteiger partial charge is 0.372 e. The Hall–Kier alpha value is -3.68. The normalized spacial score (nSPS) is 13.3. The van der Waals surface area contributed by atoms with Crippen LogP contribution >= 0.6 is 0 Å². The molecule has 0 saturated carbocycles. The number of aryl methyl sites for hydroxylation is 1. The molecule has 0 radical (unpaired) electrons. The number of anilines is 3. The molecule has 2 N–H and O–H groups in total. The number of benzene rings is 1. The van der Waals surface area contributed by atoms with E-state index in [2.05, 4.69) is 25.7 Å². The fourth-order valence-corrected chi connectivity index (χ4v) is 3.24. The minimum Gasteiger partial charge on any atom is -0.372 e. The molecular formula is C21H21N5O3. The predicted molar refractivity (Wildman–Crippen MR) is 109 cm³/mol. The third kappa shape index (κ3) is 4.43. The Bertz CT molecular complexity index is 1020. The van der Waals surface area contributed by atoms with Crippen LogP contribution in [-0.2, 0) is 0 Å². The van der Waals surface area contributed by atoms with E-state index in [9.17, 15) is 9.59 Å². The first-order valence-electron chi connectivity index (χ1n) is 9.44. The second kappa shape index (κ2) is 8.14. The lowest BCUT2D eigenvalue weighted by Gasteiger charge is -2.17. The van der Waals surface area contributed by atoms with E-state index in [0.29, 0.717) is 17.3 Å². The van der Waals surface area contributed by atoms with E-state index in [4.69, 9.17) is 4.52 Å². The third-order valence-corrected chi connectivity index (χ3v) is 4.73. The first-order valence-corrected chi connectivity index (χ1v) is 9.44. The molecule has 4 rings (SSSR count). The van der Waals surface area contributed by atoms with E-state index < -0.39 is 5.91 Å². The molecule has 3 aromatic rings. The quantitative estimate of drug-likeness (QED) is 0.691. The van der Waals surface area contributed by atoms with E-state index in [1.165, 1.54) is 31.3 Å². The second-order valence-corrected chi connectivity index (χ2v) is 6.93. The Kier molecular flexibility index (Phi) is 5.24. The van der Waals surface area contributed by atoms with Crippen molar-refractivity contribution in [3.63, 3.8) is 0 Å². The number of pyridine rings is 1. The van der Waals surface area contributed by atoms with Crippen molar-refractivity contribution in [3.05, 3.63) is 65.7 Å². The maximum atomic E-state index is 12.6. The fourth-order valence-electron chi connectivity index (χ4n) is 3.24. The molecule has 148 valence electrons. The van der Waals surface area contributed by atoms with Crippen molar-refractivity contribution in [1.29, 1.82) is 0 Å². The van der Waals surface area contributed by atoms with Gasteiger partial charge in [-0.05, 0) is 50.1 Å². The summed E-state index contributed by atoms with van der Waals surface area (Å²) in [6, 6.07) is 10.9. The lowest BCUT2D eigenvalue weighted by atomic mass is 10.1. The first kappa shape index (κ1) is 18.7. The number of hydrogen-bond donors (Lipinski definition) is 2. The van der Waals surface area contributed by atoms with Gasteiger partial charge in [0.05, 0.1) is 11.1 Å². The average molecular weight is 391 g/mol. The van der Waals surface area contributed by atoms with Gasteiger partial charge in [0.15, 0.2) is 5.82 Å². The topological polar surface area (TPSA) is 100 Å². The predicted octanol–water partition coefficient (Wildman–Crippen LogP) is 3.48. The molecule has 1 aliphatic heterocycles. The summed E-state index contributed by atoms with van der Waals surface area (Å²) in [5.74, 6) is 0.136. The minimum absolute atomic E-state index is 0.252. The summed E-state index contributed by atoms with van der Waals surface area (Å²) in [5, 5.41) is 9.17. The maximum Gasteiger partial charge on any atom is 0.258 e. The number of aromatic nitrogens is 2. The zero-order valence-electron chi connectivity index (χ0n) is 16.0. The third-order valence-electron chi connectivity index (χ3n) is 4.73. The summed E-state index contributed by atoms with van der Waals surface area (Å²) < 4.78 is 4.92. The highest BCUT2D eigenvalue weighted by molar-refractivity contribution is 6.08. The molecule has 0 aliphatic carbocycles. The Labute approximate surface area is 167 Å². The van der Waals surface area contributed by atoms with E-state index >= 15 is 0 Å². The van der Waals surface area contributed by atoms with Crippen molar-refractivity contribution in [2.45, 2.75) is 19.8 Å². The van der Waals surface area contributed by atoms with Gasteiger partial charge in [-0.3, -0.25) is 14.6 Å². The van der Waals surface area contributed by atoms with Gasteiger partial charge in [0.1, 0.15) is 5.76 Å². The summed E-state index contributed by atoms with van der Waals surface area (Å²) in [6.07, 6.45) is 5.24. The SMILES string of the molecule is Cc1cc(NC(=O)c2cncc(C(=O)Nc3ccc(N4CCCC4)cc3)c2)no1. The van der Waals surface area contributed by atoms with Gasteiger partial charge < -0.3 is 20.1 Å². The molecule has 3 heterocycles. The number of nitrogens with one attached hydrogen (secondary N) is 2. The number of carbonyl (C=O) groups is 2. The molecule has 8 nitrogen and oxygen atoms in total. The standard InChI is InChI=1S/C21H21N5O3/c1-14-10-19(25-29-14)24-21(28)16-11-15(12-22-13-16)20(27)23-17-4-6-18(7-5-17)26-8-2-3-9-26/h4-7,10-13H,2-3,8-9H2,1H3,(H,23,27)(H,24,25,28). The van der Waals surface area contributed by atoms with Gasteiger partial charge in [-0.15, -0.1) is 0 Å². The van der Waals surface area contributed by atoms with Gasteiger partial charge in [-0.25, -0.2) is 0 Å². The maximum absolute atomic E-state index is 12.6. The average Bonchev–Trinajstić information content (AvgIpc) is 3.41. The Balaban J connectivity index is 1.42. The van der Waals surface area contributed by atoms with Crippen LogP contribution in [0.1, 0.15) is 39.3 Å². The molecule has 1 saturated heterocycles. The Morgan fingerprint density at radius 3 is 2.24 bits per heavy atom. The van der Waals surface area contributed by atoms with E-state index in [0.717, 1.165) is 18.8 Å². The summed E-state index contributed by atoms with van der Waals surface area (Å²) >= 11 is 0. The smallest absolute Gasteiger partial charge is 0.258 e. The van der Waals surface area contributed by atoms with Crippen LogP contribution in [0.4, 0.5) is 17.2 Å². The highest BCUT2D eigenvalue weighted by Crippen LogP contribution is 2.22. The highest BCUT2D eigenvalue weighted by atomic mass is 16.5. The van der Waals surface area contributed by atoms with Gasteiger partial charge in [0.2, 0.25) is 0 Å². The fraction of sp³-hybridized carbons (Fsp3) is 0.238. The van der Waals surface area contributed by atoms with Crippen LogP contribution in [0, 0.1) is 6.92 Å². The zero-order chi connectivity index (χ0) is 20.2. The lowest BCUT2D eigenvalue weighted by Crippen LogP contribution is -2.18. The molecule has 2 aromatic heterocycles. The van der Waals surface area contributed by atoms with Gasteiger partial charge in [-0.1, -0.05) is 5.16 Å². The van der Waals surface area contributed by atoms with Crippen LogP contribution < -0.4 is 15.5 Å². The van der Waals surface area contributed by atoms with Crippen molar-refractivity contribution in [2.75, 3.05) is 28.6 Å². The molecular weight excluding hydrogens is 370 g/mol. The number of hydrogen-bond acceptors (Lipinski definition) is 6. The number of nitrogens with zero attached hydrogens (tertiary/aromatic N) is 3. The highest BCUT2D eigenvalue weighted by Gasteiger charge is 2.15. The molecule has 0 bridgehead atoms. The number of amides is 2. The van der Waals surface area contributed by atoms with Crippen LogP contribution in [0.15, 0.2) is 53.3 Å². The Morgan fingerprint density at radius 2 is 1.62 bits per heavy atom. The van der Waals surface area contributed by atoms with Crippen molar-refractivity contribution in [2.24, 2.45) is 0 Å². The monoisotopic (exact) mass is 391 g/mol. The van der Waals surface area contributed by atoms with Gasteiger partial charge in [0.25, 0.3) is 11.8 Å². The molecule has 29 heavy (non-hydrogen) atoms. The van der Waals surface area contributed by atoms with Crippen LogP contribution in [0.3, 0.4) is 0 Å².